The number of nitrogens with zero attached hydrogens (tertiary/aromatic N) is 1. The molecule has 0 aliphatic carbocycles. The van der Waals surface area contributed by atoms with Crippen LogP contribution in [0.4, 0.5) is 0 Å². The number of thioether (sulfide) groups is 1. The molecular weight excluding hydrogens is 212 g/mol. The van der Waals surface area contributed by atoms with Crippen LogP contribution in [0.25, 0.3) is 0 Å². The lowest BCUT2D eigenvalue weighted by molar-refractivity contribution is -0.140. The third-order valence-corrected chi connectivity index (χ3v) is 3.54. The van der Waals surface area contributed by atoms with E-state index in [0.717, 1.165) is 12.3 Å². The molecule has 1 saturated heterocycles. The van der Waals surface area contributed by atoms with Gasteiger partial charge >= 0.3 is 0 Å². The molecule has 4 nitrogen and oxygen atoms in total. The first-order valence-electron chi connectivity index (χ1n) is 5.20. The van der Waals surface area contributed by atoms with E-state index in [1.165, 1.54) is 4.90 Å². The zero-order chi connectivity index (χ0) is 11.4. The van der Waals surface area contributed by atoms with E-state index >= 15 is 0 Å². The van der Waals surface area contributed by atoms with Crippen molar-refractivity contribution in [2.24, 2.45) is 0 Å². The molecule has 1 heterocycles. The summed E-state index contributed by atoms with van der Waals surface area (Å²) in [6.45, 7) is 4.61. The molecule has 1 rings (SSSR count). The Bertz CT molecular complexity index is 256. The van der Waals surface area contributed by atoms with Crippen molar-refractivity contribution in [1.82, 2.24) is 10.2 Å². The van der Waals surface area contributed by atoms with Crippen LogP contribution in [0.15, 0.2) is 0 Å². The lowest BCUT2D eigenvalue weighted by Crippen LogP contribution is -2.37. The van der Waals surface area contributed by atoms with E-state index in [0.29, 0.717) is 6.42 Å². The van der Waals surface area contributed by atoms with Crippen LogP contribution in [0.2, 0.25) is 0 Å². The third-order valence-electron chi connectivity index (χ3n) is 2.33. The topological polar surface area (TPSA) is 49.4 Å². The summed E-state index contributed by atoms with van der Waals surface area (Å²) in [6.07, 6.45) is 0.366. The highest BCUT2D eigenvalue weighted by atomic mass is 32.2. The number of rotatable bonds is 5. The van der Waals surface area contributed by atoms with Crippen LogP contribution in [0.5, 0.6) is 0 Å². The summed E-state index contributed by atoms with van der Waals surface area (Å²) in [7, 11) is 1.88. The van der Waals surface area contributed by atoms with Gasteiger partial charge in [-0.05, 0) is 20.9 Å². The number of amides is 2. The van der Waals surface area contributed by atoms with Gasteiger partial charge in [-0.1, -0.05) is 0 Å². The maximum atomic E-state index is 11.8. The third kappa shape index (κ3) is 2.95. The second-order valence-corrected chi connectivity index (χ2v) is 5.17. The number of carbonyl (C=O) groups is 2. The minimum atomic E-state index is -0.159. The largest absolute Gasteiger partial charge is 0.319 e. The van der Waals surface area contributed by atoms with Gasteiger partial charge < -0.3 is 5.32 Å². The molecule has 0 bridgehead atoms. The summed E-state index contributed by atoms with van der Waals surface area (Å²) >= 11 is 1.57. The zero-order valence-electron chi connectivity index (χ0n) is 9.45. The van der Waals surface area contributed by atoms with Crippen LogP contribution in [-0.4, -0.2) is 47.4 Å². The molecule has 0 aromatic rings. The van der Waals surface area contributed by atoms with Crippen molar-refractivity contribution in [3.63, 3.8) is 0 Å². The summed E-state index contributed by atoms with van der Waals surface area (Å²) in [5, 5.41) is 2.86. The maximum Gasteiger partial charge on any atom is 0.243 e. The van der Waals surface area contributed by atoms with E-state index < -0.39 is 0 Å². The van der Waals surface area contributed by atoms with Gasteiger partial charge in [0, 0.05) is 24.8 Å². The first-order valence-corrected chi connectivity index (χ1v) is 6.25. The summed E-state index contributed by atoms with van der Waals surface area (Å²) in [6, 6.07) is -0.0140. The summed E-state index contributed by atoms with van der Waals surface area (Å²) in [5.41, 5.74) is 0. The molecule has 0 spiro atoms. The Morgan fingerprint density at radius 2 is 2.20 bits per heavy atom. The van der Waals surface area contributed by atoms with Crippen LogP contribution in [0.3, 0.4) is 0 Å². The predicted octanol–water partition coefficient (Wildman–Crippen LogP) is 0.475. The standard InChI is InChI=1S/C10H18N2O2S/c1-7(2)12-9(13)6-8(10(12)14)15-5-4-11-3/h7-8,11H,4-6H2,1-3H3. The van der Waals surface area contributed by atoms with Crippen molar-refractivity contribution in [2.75, 3.05) is 19.3 Å². The van der Waals surface area contributed by atoms with Crippen molar-refractivity contribution in [3.05, 3.63) is 0 Å². The number of hydrogen-bond acceptors (Lipinski definition) is 4. The molecule has 0 radical (unpaired) electrons. The Labute approximate surface area is 94.8 Å². The van der Waals surface area contributed by atoms with E-state index in [2.05, 4.69) is 5.32 Å². The summed E-state index contributed by atoms with van der Waals surface area (Å²) < 4.78 is 0. The van der Waals surface area contributed by atoms with Gasteiger partial charge in [-0.15, -0.1) is 11.8 Å². The molecular formula is C10H18N2O2S. The van der Waals surface area contributed by atoms with Crippen LogP contribution < -0.4 is 5.32 Å². The van der Waals surface area contributed by atoms with Gasteiger partial charge in [0.05, 0.1) is 5.25 Å². The minimum Gasteiger partial charge on any atom is -0.319 e. The number of likely N-dealkylation sites (tertiary alicyclic amines) is 1. The molecule has 86 valence electrons. The van der Waals surface area contributed by atoms with Crippen molar-refractivity contribution in [1.29, 1.82) is 0 Å². The number of imide groups is 1. The van der Waals surface area contributed by atoms with Gasteiger partial charge in [0.2, 0.25) is 11.8 Å². The Morgan fingerprint density at radius 1 is 1.53 bits per heavy atom. The number of nitrogens with one attached hydrogen (secondary N) is 1. The second kappa shape index (κ2) is 5.51. The Kier molecular flexibility index (Phi) is 4.60. The average Bonchev–Trinajstić information content (AvgIpc) is 2.42. The van der Waals surface area contributed by atoms with Gasteiger partial charge in [-0.2, -0.15) is 0 Å². The Morgan fingerprint density at radius 3 is 2.67 bits per heavy atom. The van der Waals surface area contributed by atoms with Crippen molar-refractivity contribution < 1.29 is 9.59 Å². The van der Waals surface area contributed by atoms with Crippen LogP contribution >= 0.6 is 11.8 Å². The molecule has 1 unspecified atom stereocenters. The monoisotopic (exact) mass is 230 g/mol. The summed E-state index contributed by atoms with van der Waals surface area (Å²) in [4.78, 5) is 24.7. The van der Waals surface area contributed by atoms with E-state index in [-0.39, 0.29) is 23.1 Å². The molecule has 2 amide bonds. The Balaban J connectivity index is 2.50. The van der Waals surface area contributed by atoms with Crippen LogP contribution in [0.1, 0.15) is 20.3 Å². The first-order chi connectivity index (χ1) is 7.07. The molecule has 1 atom stereocenters. The lowest BCUT2D eigenvalue weighted by Gasteiger charge is -2.18. The van der Waals surface area contributed by atoms with Crippen LogP contribution in [-0.2, 0) is 9.59 Å². The van der Waals surface area contributed by atoms with Gasteiger partial charge in [-0.25, -0.2) is 0 Å². The molecule has 5 heteroatoms. The molecule has 1 fully saturated rings. The molecule has 1 N–H and O–H groups in total. The van der Waals surface area contributed by atoms with Crippen molar-refractivity contribution in [3.8, 4) is 0 Å². The highest BCUT2D eigenvalue weighted by Crippen LogP contribution is 2.26. The molecule has 1 aliphatic rings. The average molecular weight is 230 g/mol. The highest BCUT2D eigenvalue weighted by Gasteiger charge is 2.39. The van der Waals surface area contributed by atoms with E-state index in [1.807, 2.05) is 20.9 Å². The Hall–Kier alpha value is -0.550. The minimum absolute atomic E-state index is 0.0140. The fraction of sp³-hybridized carbons (Fsp3) is 0.800. The van der Waals surface area contributed by atoms with Crippen molar-refractivity contribution in [2.45, 2.75) is 31.6 Å². The fourth-order valence-corrected chi connectivity index (χ4v) is 2.72. The maximum absolute atomic E-state index is 11.8. The van der Waals surface area contributed by atoms with Crippen LogP contribution in [0, 0.1) is 0 Å². The van der Waals surface area contributed by atoms with E-state index in [4.69, 9.17) is 0 Å². The normalized spacial score (nSPS) is 21.9. The molecule has 0 saturated carbocycles. The highest BCUT2D eigenvalue weighted by molar-refractivity contribution is 8.00. The first kappa shape index (κ1) is 12.5. The van der Waals surface area contributed by atoms with E-state index in [9.17, 15) is 9.59 Å². The fourth-order valence-electron chi connectivity index (χ4n) is 1.60. The quantitative estimate of drug-likeness (QED) is 0.551. The molecule has 0 aromatic carbocycles. The van der Waals surface area contributed by atoms with Gasteiger partial charge in [-0.3, -0.25) is 14.5 Å². The predicted molar refractivity (Wildman–Crippen MR) is 61.8 cm³/mol. The molecule has 0 aromatic heterocycles. The van der Waals surface area contributed by atoms with Gasteiger partial charge in [0.25, 0.3) is 0 Å². The zero-order valence-corrected chi connectivity index (χ0v) is 10.3. The smallest absolute Gasteiger partial charge is 0.243 e. The van der Waals surface area contributed by atoms with Gasteiger partial charge in [0.15, 0.2) is 0 Å². The van der Waals surface area contributed by atoms with Crippen molar-refractivity contribution >= 4 is 23.6 Å². The second-order valence-electron chi connectivity index (χ2n) is 3.86. The number of carbonyl (C=O) groups excluding carboxylic acids is 2. The molecule has 15 heavy (non-hydrogen) atoms. The molecule has 1 aliphatic heterocycles. The number of hydrogen-bond donors (Lipinski definition) is 1. The van der Waals surface area contributed by atoms with Gasteiger partial charge in [0.1, 0.15) is 0 Å². The summed E-state index contributed by atoms with van der Waals surface area (Å²) in [5.74, 6) is 0.819. The SMILES string of the molecule is CNCCSC1CC(=O)N(C(C)C)C1=O. The van der Waals surface area contributed by atoms with E-state index in [1.54, 1.807) is 11.8 Å². The lowest BCUT2D eigenvalue weighted by atomic mass is 10.3.